The van der Waals surface area contributed by atoms with Gasteiger partial charge in [0, 0.05) is 36.4 Å². The third-order valence-electron chi connectivity index (χ3n) is 3.35. The van der Waals surface area contributed by atoms with Crippen molar-refractivity contribution in [2.45, 2.75) is 38.9 Å². The molecule has 2 rings (SSSR count). The van der Waals surface area contributed by atoms with Crippen molar-refractivity contribution in [1.82, 2.24) is 15.0 Å². The second-order valence-electron chi connectivity index (χ2n) is 5.97. The summed E-state index contributed by atoms with van der Waals surface area (Å²) < 4.78 is 0. The lowest BCUT2D eigenvalue weighted by atomic mass is 10.0. The van der Waals surface area contributed by atoms with E-state index in [0.29, 0.717) is 35.1 Å². The predicted molar refractivity (Wildman–Crippen MR) is 90.3 cm³/mol. The number of pyridine rings is 1. The van der Waals surface area contributed by atoms with Crippen molar-refractivity contribution in [3.05, 3.63) is 35.4 Å². The number of hydrogen-bond acceptors (Lipinski definition) is 6. The van der Waals surface area contributed by atoms with Crippen molar-refractivity contribution >= 4 is 17.3 Å². The van der Waals surface area contributed by atoms with Gasteiger partial charge in [-0.3, -0.25) is 0 Å². The van der Waals surface area contributed by atoms with Crippen LogP contribution in [0.25, 0.3) is 11.4 Å². The molecule has 0 saturated heterocycles. The van der Waals surface area contributed by atoms with Crippen LogP contribution in [0.15, 0.2) is 24.7 Å². The first-order valence-electron chi connectivity index (χ1n) is 7.40. The second kappa shape index (κ2) is 7.21. The molecule has 1 atom stereocenters. The molecule has 0 aliphatic heterocycles. The quantitative estimate of drug-likeness (QED) is 0.702. The Morgan fingerprint density at radius 3 is 2.43 bits per heavy atom. The van der Waals surface area contributed by atoms with E-state index in [1.54, 1.807) is 45.4 Å². The molecular weight excluding hydrogens is 316 g/mol. The zero-order valence-electron chi connectivity index (χ0n) is 13.4. The number of nitrogens with zero attached hydrogens (tertiary/aromatic N) is 3. The number of hydrogen-bond donors (Lipinski definition) is 3. The lowest BCUT2D eigenvalue weighted by Crippen LogP contribution is -2.16. The molecule has 0 spiro atoms. The number of halogens is 1. The molecule has 2 aromatic rings. The van der Waals surface area contributed by atoms with Crippen molar-refractivity contribution in [3.8, 4) is 11.4 Å². The van der Waals surface area contributed by atoms with Crippen LogP contribution >= 0.6 is 11.6 Å². The molecule has 3 N–H and O–H groups in total. The topological polar surface area (TPSA) is 91.2 Å². The van der Waals surface area contributed by atoms with Crippen LogP contribution in [0.2, 0.25) is 5.15 Å². The fourth-order valence-corrected chi connectivity index (χ4v) is 2.11. The average molecular weight is 337 g/mol. The lowest BCUT2D eigenvalue weighted by Gasteiger charge is -2.17. The lowest BCUT2D eigenvalue weighted by molar-refractivity contribution is 0.0778. The molecule has 0 bridgehead atoms. The van der Waals surface area contributed by atoms with Crippen molar-refractivity contribution in [1.29, 1.82) is 0 Å². The summed E-state index contributed by atoms with van der Waals surface area (Å²) in [6, 6.07) is 1.70. The van der Waals surface area contributed by atoms with E-state index in [-0.39, 0.29) is 6.10 Å². The summed E-state index contributed by atoms with van der Waals surface area (Å²) in [7, 11) is 0. The van der Waals surface area contributed by atoms with Crippen LogP contribution in [0, 0.1) is 0 Å². The molecule has 2 heterocycles. The van der Waals surface area contributed by atoms with E-state index in [4.69, 9.17) is 11.6 Å². The highest BCUT2D eigenvalue weighted by atomic mass is 35.5. The van der Waals surface area contributed by atoms with Gasteiger partial charge in [-0.25, -0.2) is 15.0 Å². The molecule has 0 radical (unpaired) electrons. The third kappa shape index (κ3) is 4.86. The molecular formula is C16H21ClN4O2. The van der Waals surface area contributed by atoms with Gasteiger partial charge in [0.25, 0.3) is 0 Å². The average Bonchev–Trinajstić information content (AvgIpc) is 2.46. The SMILES string of the molecule is C[C@@H](O)CCNc1cc(Cl)ncc1-c1ncc(C(C)(C)O)cn1. The number of aliphatic hydroxyl groups excluding tert-OH is 1. The Hall–Kier alpha value is -1.76. The Kier molecular flexibility index (Phi) is 5.51. The van der Waals surface area contributed by atoms with E-state index in [0.717, 1.165) is 5.69 Å². The van der Waals surface area contributed by atoms with E-state index in [9.17, 15) is 10.2 Å². The van der Waals surface area contributed by atoms with Crippen molar-refractivity contribution in [3.63, 3.8) is 0 Å². The van der Waals surface area contributed by atoms with Crippen LogP contribution in [0.1, 0.15) is 32.8 Å². The number of aliphatic hydroxyl groups is 2. The first kappa shape index (κ1) is 17.6. The van der Waals surface area contributed by atoms with Crippen molar-refractivity contribution in [2.24, 2.45) is 0 Å². The minimum Gasteiger partial charge on any atom is -0.393 e. The smallest absolute Gasteiger partial charge is 0.162 e. The van der Waals surface area contributed by atoms with E-state index in [1.807, 2.05) is 0 Å². The first-order valence-corrected chi connectivity index (χ1v) is 7.78. The van der Waals surface area contributed by atoms with Crippen LogP contribution in [0.3, 0.4) is 0 Å². The fraction of sp³-hybridized carbons (Fsp3) is 0.438. The highest BCUT2D eigenvalue weighted by Crippen LogP contribution is 2.27. The summed E-state index contributed by atoms with van der Waals surface area (Å²) in [4.78, 5) is 12.7. The van der Waals surface area contributed by atoms with E-state index in [1.165, 1.54) is 0 Å². The summed E-state index contributed by atoms with van der Waals surface area (Å²) in [5, 5.41) is 22.9. The van der Waals surface area contributed by atoms with Crippen LogP contribution in [-0.2, 0) is 5.60 Å². The summed E-state index contributed by atoms with van der Waals surface area (Å²) >= 11 is 5.96. The number of anilines is 1. The molecule has 0 unspecified atom stereocenters. The van der Waals surface area contributed by atoms with Gasteiger partial charge in [-0.1, -0.05) is 11.6 Å². The fourth-order valence-electron chi connectivity index (χ4n) is 1.95. The Morgan fingerprint density at radius 2 is 1.87 bits per heavy atom. The molecule has 0 aromatic carbocycles. The van der Waals surface area contributed by atoms with Gasteiger partial charge < -0.3 is 15.5 Å². The maximum Gasteiger partial charge on any atom is 0.162 e. The number of nitrogens with one attached hydrogen (secondary N) is 1. The summed E-state index contributed by atoms with van der Waals surface area (Å²) in [5.41, 5.74) is 1.10. The summed E-state index contributed by atoms with van der Waals surface area (Å²) in [5.74, 6) is 0.488. The Morgan fingerprint density at radius 1 is 1.22 bits per heavy atom. The largest absolute Gasteiger partial charge is 0.393 e. The Bertz CT molecular complexity index is 654. The highest BCUT2D eigenvalue weighted by molar-refractivity contribution is 6.29. The van der Waals surface area contributed by atoms with Gasteiger partial charge in [0.1, 0.15) is 5.15 Å². The molecule has 7 heteroatoms. The van der Waals surface area contributed by atoms with Crippen LogP contribution < -0.4 is 5.32 Å². The molecule has 0 aliphatic carbocycles. The van der Waals surface area contributed by atoms with Gasteiger partial charge in [0.05, 0.1) is 17.3 Å². The molecule has 6 nitrogen and oxygen atoms in total. The molecule has 23 heavy (non-hydrogen) atoms. The monoisotopic (exact) mass is 336 g/mol. The highest BCUT2D eigenvalue weighted by Gasteiger charge is 2.18. The van der Waals surface area contributed by atoms with Crippen molar-refractivity contribution < 1.29 is 10.2 Å². The zero-order chi connectivity index (χ0) is 17.0. The third-order valence-corrected chi connectivity index (χ3v) is 3.55. The van der Waals surface area contributed by atoms with Crippen molar-refractivity contribution in [2.75, 3.05) is 11.9 Å². The molecule has 0 aliphatic rings. The molecule has 2 aromatic heterocycles. The van der Waals surface area contributed by atoms with Gasteiger partial charge in [0.2, 0.25) is 0 Å². The van der Waals surface area contributed by atoms with Gasteiger partial charge in [-0.15, -0.1) is 0 Å². The first-order chi connectivity index (χ1) is 10.8. The van der Waals surface area contributed by atoms with Gasteiger partial charge >= 0.3 is 0 Å². The molecule has 0 fully saturated rings. The zero-order valence-corrected chi connectivity index (χ0v) is 14.2. The van der Waals surface area contributed by atoms with E-state index < -0.39 is 5.60 Å². The predicted octanol–water partition coefficient (Wildman–Crippen LogP) is 2.60. The van der Waals surface area contributed by atoms with Crippen LogP contribution in [-0.4, -0.2) is 37.8 Å². The normalized spacial score (nSPS) is 13.0. The van der Waals surface area contributed by atoms with E-state index >= 15 is 0 Å². The standard InChI is InChI=1S/C16H21ClN4O2/c1-10(22)4-5-18-13-6-14(17)19-9-12(13)15-20-7-11(8-21-15)16(2,3)23/h6-10,22-23H,4-5H2,1-3H3,(H,18,19)/t10-/m1/s1. The van der Waals surface area contributed by atoms with Crippen LogP contribution in [0.4, 0.5) is 5.69 Å². The van der Waals surface area contributed by atoms with Gasteiger partial charge in [-0.05, 0) is 33.3 Å². The second-order valence-corrected chi connectivity index (χ2v) is 6.36. The van der Waals surface area contributed by atoms with Crippen LogP contribution in [0.5, 0.6) is 0 Å². The van der Waals surface area contributed by atoms with Gasteiger partial charge in [0.15, 0.2) is 5.82 Å². The molecule has 0 saturated carbocycles. The maximum absolute atomic E-state index is 9.96. The number of rotatable bonds is 6. The minimum absolute atomic E-state index is 0.362. The van der Waals surface area contributed by atoms with Gasteiger partial charge in [-0.2, -0.15) is 0 Å². The molecule has 0 amide bonds. The molecule has 124 valence electrons. The Balaban J connectivity index is 2.27. The summed E-state index contributed by atoms with van der Waals surface area (Å²) in [6.07, 6.45) is 5.02. The number of aromatic nitrogens is 3. The maximum atomic E-state index is 9.96. The summed E-state index contributed by atoms with van der Waals surface area (Å²) in [6.45, 7) is 5.68. The Labute approximate surface area is 140 Å². The minimum atomic E-state index is -0.991. The van der Waals surface area contributed by atoms with E-state index in [2.05, 4.69) is 20.3 Å².